The van der Waals surface area contributed by atoms with Crippen LogP contribution >= 0.6 is 0 Å². The number of unbranched alkanes of at least 4 members (excludes halogenated alkanes) is 1. The van der Waals surface area contributed by atoms with Crippen molar-refractivity contribution in [2.45, 2.75) is 19.8 Å². The highest BCUT2D eigenvalue weighted by Crippen LogP contribution is 2.18. The van der Waals surface area contributed by atoms with Crippen LogP contribution in [0.1, 0.15) is 19.8 Å². The number of nitrogens with one attached hydrogen (secondary N) is 1. The van der Waals surface area contributed by atoms with E-state index in [4.69, 9.17) is 0 Å². The van der Waals surface area contributed by atoms with E-state index in [0.717, 1.165) is 29.4 Å². The maximum atomic E-state index is 11.7. The molecule has 6 heteroatoms. The Labute approximate surface area is 116 Å². The summed E-state index contributed by atoms with van der Waals surface area (Å²) in [5.74, 6) is 0. The summed E-state index contributed by atoms with van der Waals surface area (Å²) in [6, 6.07) is 7.39. The highest BCUT2D eigenvalue weighted by atomic mass is 32.2. The molecule has 19 heavy (non-hydrogen) atoms. The van der Waals surface area contributed by atoms with Crippen LogP contribution in [0.5, 0.6) is 0 Å². The third-order valence-corrected chi connectivity index (χ3v) is 4.34. The van der Waals surface area contributed by atoms with Crippen molar-refractivity contribution in [3.63, 3.8) is 0 Å². The van der Waals surface area contributed by atoms with E-state index in [1.807, 2.05) is 19.2 Å². The monoisotopic (exact) mass is 285 g/mol. The first-order valence-electron chi connectivity index (χ1n) is 6.38. The molecule has 0 unspecified atom stereocenters. The largest absolute Gasteiger partial charge is 0.375 e. The molecule has 0 aliphatic heterocycles. The molecular weight excluding hydrogens is 262 g/mol. The average molecular weight is 285 g/mol. The molecular formula is C13H23N3O2S. The number of rotatable bonds is 7. The van der Waals surface area contributed by atoms with Gasteiger partial charge in [0, 0.05) is 39.1 Å². The van der Waals surface area contributed by atoms with E-state index in [2.05, 4.69) is 16.5 Å². The molecule has 0 aliphatic carbocycles. The second-order valence-electron chi connectivity index (χ2n) is 4.71. The normalized spacial score (nSPS) is 11.6. The van der Waals surface area contributed by atoms with E-state index in [0.29, 0.717) is 5.69 Å². The SMILES string of the molecule is CCCCN(C)c1ccc(NS(=O)(=O)N(C)C)cc1. The highest BCUT2D eigenvalue weighted by Gasteiger charge is 2.12. The fourth-order valence-electron chi connectivity index (χ4n) is 1.55. The summed E-state index contributed by atoms with van der Waals surface area (Å²) in [5.41, 5.74) is 1.66. The summed E-state index contributed by atoms with van der Waals surface area (Å²) >= 11 is 0. The van der Waals surface area contributed by atoms with E-state index in [-0.39, 0.29) is 0 Å². The molecule has 1 rings (SSSR count). The molecule has 0 radical (unpaired) electrons. The van der Waals surface area contributed by atoms with Crippen LogP contribution in [0.4, 0.5) is 11.4 Å². The number of hydrogen-bond donors (Lipinski definition) is 1. The van der Waals surface area contributed by atoms with Crippen molar-refractivity contribution in [3.05, 3.63) is 24.3 Å². The Kier molecular flexibility index (Phi) is 5.62. The molecule has 108 valence electrons. The van der Waals surface area contributed by atoms with Crippen LogP contribution in [0.3, 0.4) is 0 Å². The zero-order valence-corrected chi connectivity index (χ0v) is 12.9. The van der Waals surface area contributed by atoms with Crippen molar-refractivity contribution < 1.29 is 8.42 Å². The van der Waals surface area contributed by atoms with Gasteiger partial charge < -0.3 is 4.90 Å². The maximum absolute atomic E-state index is 11.7. The van der Waals surface area contributed by atoms with Crippen LogP contribution in [0.15, 0.2) is 24.3 Å². The standard InChI is InChI=1S/C13H23N3O2S/c1-5-6-11-16(4)13-9-7-12(8-10-13)14-19(17,18)15(2)3/h7-10,14H,5-6,11H2,1-4H3. The van der Waals surface area contributed by atoms with Gasteiger partial charge in [0.05, 0.1) is 0 Å². The summed E-state index contributed by atoms with van der Waals surface area (Å²) in [5, 5.41) is 0. The van der Waals surface area contributed by atoms with Crippen molar-refractivity contribution >= 4 is 21.6 Å². The van der Waals surface area contributed by atoms with Crippen LogP contribution in [0.2, 0.25) is 0 Å². The van der Waals surface area contributed by atoms with Gasteiger partial charge >= 0.3 is 10.2 Å². The lowest BCUT2D eigenvalue weighted by Gasteiger charge is -2.19. The van der Waals surface area contributed by atoms with Gasteiger partial charge in [-0.2, -0.15) is 12.7 Å². The molecule has 0 bridgehead atoms. The van der Waals surface area contributed by atoms with E-state index in [1.165, 1.54) is 14.1 Å². The average Bonchev–Trinajstić information content (AvgIpc) is 2.36. The summed E-state index contributed by atoms with van der Waals surface area (Å²) < 4.78 is 27.0. The summed E-state index contributed by atoms with van der Waals surface area (Å²) in [4.78, 5) is 2.16. The summed E-state index contributed by atoms with van der Waals surface area (Å²) in [6.07, 6.45) is 2.30. The van der Waals surface area contributed by atoms with Crippen LogP contribution in [-0.2, 0) is 10.2 Å². The van der Waals surface area contributed by atoms with Gasteiger partial charge in [-0.1, -0.05) is 13.3 Å². The fourth-order valence-corrected chi connectivity index (χ4v) is 2.17. The molecule has 0 saturated heterocycles. The lowest BCUT2D eigenvalue weighted by molar-refractivity contribution is 0.527. The van der Waals surface area contributed by atoms with Crippen LogP contribution in [-0.4, -0.2) is 40.4 Å². The van der Waals surface area contributed by atoms with Crippen molar-refractivity contribution in [1.29, 1.82) is 0 Å². The first-order valence-corrected chi connectivity index (χ1v) is 7.82. The van der Waals surface area contributed by atoms with E-state index < -0.39 is 10.2 Å². The zero-order chi connectivity index (χ0) is 14.5. The van der Waals surface area contributed by atoms with E-state index >= 15 is 0 Å². The van der Waals surface area contributed by atoms with Gasteiger partial charge in [-0.3, -0.25) is 4.72 Å². The number of benzene rings is 1. The lowest BCUT2D eigenvalue weighted by Crippen LogP contribution is -2.28. The molecule has 0 saturated carbocycles. The Morgan fingerprint density at radius 3 is 2.16 bits per heavy atom. The van der Waals surface area contributed by atoms with E-state index in [9.17, 15) is 8.42 Å². The van der Waals surface area contributed by atoms with Crippen LogP contribution in [0.25, 0.3) is 0 Å². The molecule has 0 atom stereocenters. The third kappa shape index (κ3) is 4.72. The smallest absolute Gasteiger partial charge is 0.301 e. The Balaban J connectivity index is 2.72. The molecule has 0 fully saturated rings. The predicted octanol–water partition coefficient (Wildman–Crippen LogP) is 2.14. The Hall–Kier alpha value is -1.27. The predicted molar refractivity (Wildman–Crippen MR) is 80.8 cm³/mol. The van der Waals surface area contributed by atoms with Crippen molar-refractivity contribution in [2.75, 3.05) is 37.3 Å². The molecule has 5 nitrogen and oxygen atoms in total. The Morgan fingerprint density at radius 1 is 1.11 bits per heavy atom. The summed E-state index contributed by atoms with van der Waals surface area (Å²) in [7, 11) is 1.60. The molecule has 0 spiro atoms. The first kappa shape index (κ1) is 15.8. The van der Waals surface area contributed by atoms with Gasteiger partial charge in [0.15, 0.2) is 0 Å². The second-order valence-corrected chi connectivity index (χ2v) is 6.60. The number of nitrogens with zero attached hydrogens (tertiary/aromatic N) is 2. The molecule has 1 N–H and O–H groups in total. The molecule has 1 aromatic rings. The zero-order valence-electron chi connectivity index (χ0n) is 12.0. The third-order valence-electron chi connectivity index (χ3n) is 2.88. The Morgan fingerprint density at radius 2 is 1.68 bits per heavy atom. The van der Waals surface area contributed by atoms with Gasteiger partial charge in [-0.15, -0.1) is 0 Å². The van der Waals surface area contributed by atoms with Crippen molar-refractivity contribution in [3.8, 4) is 0 Å². The molecule has 1 aromatic carbocycles. The van der Waals surface area contributed by atoms with E-state index in [1.54, 1.807) is 12.1 Å². The lowest BCUT2D eigenvalue weighted by atomic mass is 10.2. The molecule has 0 aromatic heterocycles. The minimum absolute atomic E-state index is 0.571. The Bertz CT molecular complexity index is 483. The highest BCUT2D eigenvalue weighted by molar-refractivity contribution is 7.90. The minimum atomic E-state index is -3.43. The fraction of sp³-hybridized carbons (Fsp3) is 0.538. The molecule has 0 heterocycles. The number of anilines is 2. The topological polar surface area (TPSA) is 52.7 Å². The van der Waals surface area contributed by atoms with Crippen LogP contribution < -0.4 is 9.62 Å². The van der Waals surface area contributed by atoms with Crippen LogP contribution in [0, 0.1) is 0 Å². The van der Waals surface area contributed by atoms with Crippen molar-refractivity contribution in [1.82, 2.24) is 4.31 Å². The van der Waals surface area contributed by atoms with Gasteiger partial charge in [0.1, 0.15) is 0 Å². The summed E-state index contributed by atoms with van der Waals surface area (Å²) in [6.45, 7) is 3.16. The molecule has 0 aliphatic rings. The van der Waals surface area contributed by atoms with Gasteiger partial charge in [0.25, 0.3) is 0 Å². The van der Waals surface area contributed by atoms with Gasteiger partial charge in [-0.05, 0) is 30.7 Å². The maximum Gasteiger partial charge on any atom is 0.301 e. The van der Waals surface area contributed by atoms with Gasteiger partial charge in [-0.25, -0.2) is 0 Å². The quantitative estimate of drug-likeness (QED) is 0.835. The van der Waals surface area contributed by atoms with Gasteiger partial charge in [0.2, 0.25) is 0 Å². The number of hydrogen-bond acceptors (Lipinski definition) is 3. The minimum Gasteiger partial charge on any atom is -0.375 e. The molecule has 0 amide bonds. The second kappa shape index (κ2) is 6.77. The first-order chi connectivity index (χ1) is 8.86. The van der Waals surface area contributed by atoms with Crippen molar-refractivity contribution in [2.24, 2.45) is 0 Å².